The zero-order valence-electron chi connectivity index (χ0n) is 11.5. The van der Waals surface area contributed by atoms with Crippen LogP contribution in [-0.2, 0) is 4.79 Å². The largest absolute Gasteiger partial charge is 0.389 e. The molecule has 0 saturated carbocycles. The molecule has 0 aliphatic heterocycles. The highest BCUT2D eigenvalue weighted by atomic mass is 16.1. The lowest BCUT2D eigenvalue weighted by molar-refractivity contribution is -0.121. The van der Waals surface area contributed by atoms with Gasteiger partial charge in [0.05, 0.1) is 6.04 Å². The zero-order chi connectivity index (χ0) is 13.6. The lowest BCUT2D eigenvalue weighted by Gasteiger charge is -2.32. The van der Waals surface area contributed by atoms with Gasteiger partial charge in [0.15, 0.2) is 0 Å². The second-order valence-electron chi connectivity index (χ2n) is 5.52. The number of amides is 1. The third-order valence-electron chi connectivity index (χ3n) is 3.04. The van der Waals surface area contributed by atoms with Crippen LogP contribution in [0.25, 0.3) is 0 Å². The Morgan fingerprint density at radius 3 is 2.41 bits per heavy atom. The van der Waals surface area contributed by atoms with Gasteiger partial charge in [0.2, 0.25) is 5.91 Å². The van der Waals surface area contributed by atoms with Crippen molar-refractivity contribution in [3.05, 3.63) is 12.3 Å². The summed E-state index contributed by atoms with van der Waals surface area (Å²) in [7, 11) is 0. The first kappa shape index (κ1) is 16.0. The molecule has 0 bridgehead atoms. The number of nitrogens with two attached hydrogens (primary N) is 2. The third-order valence-corrected chi connectivity index (χ3v) is 3.04. The molecule has 0 aliphatic rings. The molecule has 2 unspecified atom stereocenters. The fourth-order valence-corrected chi connectivity index (χ4v) is 2.23. The van der Waals surface area contributed by atoms with Crippen LogP contribution in [0.3, 0.4) is 0 Å². The number of hydrogen-bond donors (Lipinski definition) is 3. The average molecular weight is 241 g/mol. The van der Waals surface area contributed by atoms with Crippen LogP contribution in [0.5, 0.6) is 0 Å². The molecule has 2 atom stereocenters. The van der Waals surface area contributed by atoms with E-state index in [1.165, 1.54) is 0 Å². The standard InChI is InChI=1S/C13H27N3O/c1-6-16-10(3)7-9(2)8-13(4,5)11(14)12(15)17/h9,11,16H,3,6-8,14H2,1-2,4-5H3,(H2,15,17). The predicted molar refractivity (Wildman–Crippen MR) is 72.2 cm³/mol. The van der Waals surface area contributed by atoms with Crippen molar-refractivity contribution in [2.75, 3.05) is 6.54 Å². The first-order valence-corrected chi connectivity index (χ1v) is 6.17. The quantitative estimate of drug-likeness (QED) is 0.600. The highest BCUT2D eigenvalue weighted by Crippen LogP contribution is 2.30. The summed E-state index contributed by atoms with van der Waals surface area (Å²) in [6.07, 6.45) is 1.74. The monoisotopic (exact) mass is 241 g/mol. The molecule has 17 heavy (non-hydrogen) atoms. The second-order valence-corrected chi connectivity index (χ2v) is 5.52. The van der Waals surface area contributed by atoms with E-state index >= 15 is 0 Å². The minimum atomic E-state index is -0.600. The summed E-state index contributed by atoms with van der Waals surface area (Å²) in [5, 5.41) is 3.20. The summed E-state index contributed by atoms with van der Waals surface area (Å²) in [4.78, 5) is 11.1. The minimum absolute atomic E-state index is 0.280. The summed E-state index contributed by atoms with van der Waals surface area (Å²) in [5.74, 6) is -0.0188. The van der Waals surface area contributed by atoms with E-state index in [1.54, 1.807) is 0 Å². The Bertz CT molecular complexity index is 274. The van der Waals surface area contributed by atoms with Crippen LogP contribution in [0.1, 0.15) is 40.5 Å². The molecular formula is C13H27N3O. The van der Waals surface area contributed by atoms with E-state index in [9.17, 15) is 4.79 Å². The molecule has 0 fully saturated rings. The highest BCUT2D eigenvalue weighted by molar-refractivity contribution is 5.80. The van der Waals surface area contributed by atoms with E-state index in [-0.39, 0.29) is 5.41 Å². The Hall–Kier alpha value is -1.03. The molecule has 1 amide bonds. The molecule has 0 aliphatic carbocycles. The molecule has 0 aromatic rings. The maximum atomic E-state index is 11.1. The maximum Gasteiger partial charge on any atom is 0.234 e. The Balaban J connectivity index is 4.31. The summed E-state index contributed by atoms with van der Waals surface area (Å²) in [6.45, 7) is 13.0. The minimum Gasteiger partial charge on any atom is -0.389 e. The number of hydrogen-bond acceptors (Lipinski definition) is 3. The van der Waals surface area contributed by atoms with E-state index in [2.05, 4.69) is 18.8 Å². The maximum absolute atomic E-state index is 11.1. The van der Waals surface area contributed by atoms with Gasteiger partial charge < -0.3 is 16.8 Å². The van der Waals surface area contributed by atoms with Gasteiger partial charge in [-0.25, -0.2) is 0 Å². The van der Waals surface area contributed by atoms with Crippen molar-refractivity contribution in [3.63, 3.8) is 0 Å². The molecule has 100 valence electrons. The summed E-state index contributed by atoms with van der Waals surface area (Å²) >= 11 is 0. The molecule has 0 aromatic heterocycles. The second kappa shape index (κ2) is 6.64. The van der Waals surface area contributed by atoms with Gasteiger partial charge >= 0.3 is 0 Å². The molecule has 0 radical (unpaired) electrons. The number of carbonyl (C=O) groups is 1. The van der Waals surface area contributed by atoms with Crippen molar-refractivity contribution in [2.45, 2.75) is 46.6 Å². The fraction of sp³-hybridized carbons (Fsp3) is 0.769. The van der Waals surface area contributed by atoms with Crippen molar-refractivity contribution in [1.29, 1.82) is 0 Å². The van der Waals surface area contributed by atoms with Gasteiger partial charge in [0, 0.05) is 12.2 Å². The van der Waals surface area contributed by atoms with Crippen LogP contribution < -0.4 is 16.8 Å². The number of rotatable bonds is 8. The molecule has 0 heterocycles. The molecule has 5 N–H and O–H groups in total. The first-order valence-electron chi connectivity index (χ1n) is 6.17. The van der Waals surface area contributed by atoms with Crippen molar-refractivity contribution in [1.82, 2.24) is 5.32 Å². The van der Waals surface area contributed by atoms with Gasteiger partial charge in [-0.15, -0.1) is 0 Å². The summed E-state index contributed by atoms with van der Waals surface area (Å²) < 4.78 is 0. The van der Waals surface area contributed by atoms with Crippen LogP contribution in [0.4, 0.5) is 0 Å². The van der Waals surface area contributed by atoms with E-state index in [0.717, 1.165) is 25.1 Å². The molecule has 0 aromatic carbocycles. The van der Waals surface area contributed by atoms with Crippen molar-refractivity contribution < 1.29 is 4.79 Å². The van der Waals surface area contributed by atoms with Crippen molar-refractivity contribution >= 4 is 5.91 Å². The van der Waals surface area contributed by atoms with Crippen LogP contribution in [-0.4, -0.2) is 18.5 Å². The summed E-state index contributed by atoms with van der Waals surface area (Å²) in [6, 6.07) is -0.600. The lowest BCUT2D eigenvalue weighted by atomic mass is 9.76. The number of allylic oxidation sites excluding steroid dienone is 1. The van der Waals surface area contributed by atoms with Gasteiger partial charge in [-0.1, -0.05) is 27.4 Å². The van der Waals surface area contributed by atoms with Gasteiger partial charge in [-0.2, -0.15) is 0 Å². The third kappa shape index (κ3) is 5.73. The average Bonchev–Trinajstić information content (AvgIpc) is 2.15. The fourth-order valence-electron chi connectivity index (χ4n) is 2.23. The van der Waals surface area contributed by atoms with Crippen LogP contribution in [0.15, 0.2) is 12.3 Å². The van der Waals surface area contributed by atoms with Crippen molar-refractivity contribution in [3.8, 4) is 0 Å². The first-order chi connectivity index (χ1) is 7.70. The Labute approximate surface area is 105 Å². The van der Waals surface area contributed by atoms with E-state index in [1.807, 2.05) is 20.8 Å². The van der Waals surface area contributed by atoms with Crippen LogP contribution in [0.2, 0.25) is 0 Å². The molecule has 0 saturated heterocycles. The van der Waals surface area contributed by atoms with Crippen molar-refractivity contribution in [2.24, 2.45) is 22.8 Å². The Morgan fingerprint density at radius 2 is 2.00 bits per heavy atom. The number of nitrogens with one attached hydrogen (secondary N) is 1. The van der Waals surface area contributed by atoms with Gasteiger partial charge in [0.1, 0.15) is 0 Å². The number of primary amides is 1. The predicted octanol–water partition coefficient (Wildman–Crippen LogP) is 1.36. The van der Waals surface area contributed by atoms with Crippen LogP contribution in [0, 0.1) is 11.3 Å². The number of carbonyl (C=O) groups excluding carboxylic acids is 1. The van der Waals surface area contributed by atoms with E-state index < -0.39 is 11.9 Å². The van der Waals surface area contributed by atoms with Gasteiger partial charge in [0.25, 0.3) is 0 Å². The lowest BCUT2D eigenvalue weighted by Crippen LogP contribution is -2.48. The van der Waals surface area contributed by atoms with E-state index in [4.69, 9.17) is 11.5 Å². The molecule has 0 spiro atoms. The molecule has 4 nitrogen and oxygen atoms in total. The van der Waals surface area contributed by atoms with Crippen LogP contribution >= 0.6 is 0 Å². The Kier molecular flexibility index (Phi) is 6.24. The molecule has 0 rings (SSSR count). The topological polar surface area (TPSA) is 81.1 Å². The Morgan fingerprint density at radius 1 is 1.47 bits per heavy atom. The molecular weight excluding hydrogens is 214 g/mol. The normalized spacial score (nSPS) is 15.1. The summed E-state index contributed by atoms with van der Waals surface area (Å²) in [5.41, 5.74) is 11.8. The van der Waals surface area contributed by atoms with Gasteiger partial charge in [-0.3, -0.25) is 4.79 Å². The zero-order valence-corrected chi connectivity index (χ0v) is 11.5. The highest BCUT2D eigenvalue weighted by Gasteiger charge is 2.32. The van der Waals surface area contributed by atoms with E-state index in [0.29, 0.717) is 5.92 Å². The van der Waals surface area contributed by atoms with Gasteiger partial charge in [-0.05, 0) is 31.1 Å². The smallest absolute Gasteiger partial charge is 0.234 e. The SMILES string of the molecule is C=C(CC(C)CC(C)(C)C(N)C(N)=O)NCC. The molecule has 4 heteroatoms.